The molecule has 1 aromatic rings. The molecule has 1 aromatic carbocycles. The summed E-state index contributed by atoms with van der Waals surface area (Å²) >= 11 is 0. The minimum Gasteiger partial charge on any atom is -0.504 e. The Morgan fingerprint density at radius 1 is 1.38 bits per heavy atom. The molecule has 0 heterocycles. The number of carboxylic acids is 1. The van der Waals surface area contributed by atoms with Gasteiger partial charge in [0.05, 0.1) is 0 Å². The molecule has 88 valence electrons. The average molecular weight is 227 g/mol. The molecule has 6 nitrogen and oxygen atoms in total. The number of aliphatic carboxylic acids is 1. The maximum atomic E-state index is 10.7. The molecule has 6 heteroatoms. The topological polar surface area (TPSA) is 113 Å². The van der Waals surface area contributed by atoms with Gasteiger partial charge in [0, 0.05) is 7.11 Å². The lowest BCUT2D eigenvalue weighted by Gasteiger charge is -2.19. The predicted octanol–water partition coefficient (Wildman–Crippen LogP) is 0.197. The molecule has 16 heavy (non-hydrogen) atoms. The number of hydrogen-bond acceptors (Lipinski definition) is 5. The Bertz CT molecular complexity index is 393. The van der Waals surface area contributed by atoms with Gasteiger partial charge in [0.2, 0.25) is 0 Å². The SMILES string of the molecule is COC(c1ccc(O)c(O)c1)C(N)C(=O)O. The molecule has 2 atom stereocenters. The maximum Gasteiger partial charge on any atom is 0.323 e. The molecule has 0 saturated carbocycles. The lowest BCUT2D eigenvalue weighted by atomic mass is 10.0. The molecule has 2 unspecified atom stereocenters. The van der Waals surface area contributed by atoms with Crippen molar-refractivity contribution in [1.82, 2.24) is 0 Å². The quantitative estimate of drug-likeness (QED) is 0.546. The molecule has 0 aliphatic heterocycles. The molecule has 0 saturated heterocycles. The van der Waals surface area contributed by atoms with Crippen molar-refractivity contribution in [1.29, 1.82) is 0 Å². The minimum absolute atomic E-state index is 0.289. The van der Waals surface area contributed by atoms with Crippen LogP contribution in [-0.2, 0) is 9.53 Å². The number of carboxylic acid groups (broad SMARTS) is 1. The normalized spacial score (nSPS) is 14.4. The third kappa shape index (κ3) is 2.41. The fourth-order valence-electron chi connectivity index (χ4n) is 1.34. The number of phenols is 2. The van der Waals surface area contributed by atoms with E-state index in [0.29, 0.717) is 5.56 Å². The summed E-state index contributed by atoms with van der Waals surface area (Å²) in [5.74, 6) is -1.85. The first-order chi connectivity index (χ1) is 7.47. The van der Waals surface area contributed by atoms with E-state index in [1.54, 1.807) is 0 Å². The van der Waals surface area contributed by atoms with Crippen LogP contribution in [0.3, 0.4) is 0 Å². The van der Waals surface area contributed by atoms with E-state index in [9.17, 15) is 9.90 Å². The molecule has 0 aromatic heterocycles. The van der Waals surface area contributed by atoms with E-state index >= 15 is 0 Å². The van der Waals surface area contributed by atoms with Crippen LogP contribution >= 0.6 is 0 Å². The Morgan fingerprint density at radius 3 is 2.44 bits per heavy atom. The second kappa shape index (κ2) is 4.82. The van der Waals surface area contributed by atoms with Crippen LogP contribution in [0.5, 0.6) is 11.5 Å². The van der Waals surface area contributed by atoms with Crippen LogP contribution in [0.1, 0.15) is 11.7 Å². The lowest BCUT2D eigenvalue weighted by Crippen LogP contribution is -2.37. The van der Waals surface area contributed by atoms with Gasteiger partial charge in [0.25, 0.3) is 0 Å². The summed E-state index contributed by atoms with van der Waals surface area (Å²) in [7, 11) is 1.32. The number of rotatable bonds is 4. The second-order valence-electron chi connectivity index (χ2n) is 3.27. The summed E-state index contributed by atoms with van der Waals surface area (Å²) in [4.78, 5) is 10.7. The van der Waals surface area contributed by atoms with E-state index in [2.05, 4.69) is 0 Å². The summed E-state index contributed by atoms with van der Waals surface area (Å²) < 4.78 is 4.96. The van der Waals surface area contributed by atoms with Gasteiger partial charge in [-0.1, -0.05) is 6.07 Å². The molecular formula is C10H13NO5. The molecule has 0 bridgehead atoms. The summed E-state index contributed by atoms with van der Waals surface area (Å²) in [6.45, 7) is 0. The van der Waals surface area contributed by atoms with E-state index < -0.39 is 18.1 Å². The van der Waals surface area contributed by atoms with Crippen molar-refractivity contribution in [2.45, 2.75) is 12.1 Å². The van der Waals surface area contributed by atoms with Crippen molar-refractivity contribution in [2.24, 2.45) is 5.73 Å². The number of aromatic hydroxyl groups is 2. The number of phenolic OH excluding ortho intramolecular Hbond substituents is 2. The zero-order valence-electron chi connectivity index (χ0n) is 8.62. The summed E-state index contributed by atoms with van der Waals surface area (Å²) in [5.41, 5.74) is 5.80. The Kier molecular flexibility index (Phi) is 3.70. The monoisotopic (exact) mass is 227 g/mol. The van der Waals surface area contributed by atoms with Crippen LogP contribution in [0.15, 0.2) is 18.2 Å². The first-order valence-electron chi connectivity index (χ1n) is 4.50. The number of benzene rings is 1. The lowest BCUT2D eigenvalue weighted by molar-refractivity contribution is -0.142. The Labute approximate surface area is 91.9 Å². The van der Waals surface area contributed by atoms with Crippen molar-refractivity contribution >= 4 is 5.97 Å². The second-order valence-corrected chi connectivity index (χ2v) is 3.27. The van der Waals surface area contributed by atoms with Gasteiger partial charge in [-0.2, -0.15) is 0 Å². The van der Waals surface area contributed by atoms with Crippen LogP contribution in [0.25, 0.3) is 0 Å². The molecule has 5 N–H and O–H groups in total. The van der Waals surface area contributed by atoms with E-state index in [1.165, 1.54) is 25.3 Å². The Hall–Kier alpha value is -1.79. The van der Waals surface area contributed by atoms with Gasteiger partial charge in [-0.15, -0.1) is 0 Å². The molecule has 0 amide bonds. The van der Waals surface area contributed by atoms with Crippen LogP contribution in [0, 0.1) is 0 Å². The number of carbonyl (C=O) groups is 1. The van der Waals surface area contributed by atoms with Gasteiger partial charge >= 0.3 is 5.97 Å². The molecule has 1 rings (SSSR count). The van der Waals surface area contributed by atoms with Gasteiger partial charge in [-0.25, -0.2) is 0 Å². The zero-order valence-corrected chi connectivity index (χ0v) is 8.62. The summed E-state index contributed by atoms with van der Waals surface area (Å²) in [5, 5.41) is 27.1. The van der Waals surface area contributed by atoms with Crippen molar-refractivity contribution in [3.63, 3.8) is 0 Å². The fourth-order valence-corrected chi connectivity index (χ4v) is 1.34. The van der Waals surface area contributed by atoms with Crippen molar-refractivity contribution in [3.8, 4) is 11.5 Å². The van der Waals surface area contributed by atoms with Crippen LogP contribution in [0.2, 0.25) is 0 Å². The molecule has 0 spiro atoms. The van der Waals surface area contributed by atoms with Crippen LogP contribution in [-0.4, -0.2) is 34.4 Å². The largest absolute Gasteiger partial charge is 0.504 e. The first kappa shape index (κ1) is 12.3. The number of nitrogens with two attached hydrogens (primary N) is 1. The fraction of sp³-hybridized carbons (Fsp3) is 0.300. The van der Waals surface area contributed by atoms with Gasteiger partial charge in [0.1, 0.15) is 12.1 Å². The molecule has 0 aliphatic carbocycles. The highest BCUT2D eigenvalue weighted by Gasteiger charge is 2.26. The Morgan fingerprint density at radius 2 is 2.00 bits per heavy atom. The Balaban J connectivity index is 3.04. The highest BCUT2D eigenvalue weighted by molar-refractivity contribution is 5.74. The molecule has 0 aliphatic rings. The minimum atomic E-state index is -1.24. The zero-order chi connectivity index (χ0) is 12.3. The number of ether oxygens (including phenoxy) is 1. The van der Waals surface area contributed by atoms with E-state index in [-0.39, 0.29) is 11.5 Å². The smallest absolute Gasteiger partial charge is 0.323 e. The van der Waals surface area contributed by atoms with Crippen LogP contribution in [0.4, 0.5) is 0 Å². The van der Waals surface area contributed by atoms with Gasteiger partial charge < -0.3 is 25.8 Å². The van der Waals surface area contributed by atoms with Crippen molar-refractivity contribution < 1.29 is 24.9 Å². The number of methoxy groups -OCH3 is 1. The van der Waals surface area contributed by atoms with E-state index in [4.69, 9.17) is 20.7 Å². The highest BCUT2D eigenvalue weighted by atomic mass is 16.5. The third-order valence-electron chi connectivity index (χ3n) is 2.19. The standard InChI is InChI=1S/C10H13NO5/c1-16-9(8(11)10(14)15)5-2-3-6(12)7(13)4-5/h2-4,8-9,12-13H,11H2,1H3,(H,14,15). The van der Waals surface area contributed by atoms with Gasteiger partial charge in [-0.3, -0.25) is 4.79 Å². The van der Waals surface area contributed by atoms with E-state index in [1.807, 2.05) is 0 Å². The highest BCUT2D eigenvalue weighted by Crippen LogP contribution is 2.29. The van der Waals surface area contributed by atoms with E-state index in [0.717, 1.165) is 0 Å². The third-order valence-corrected chi connectivity index (χ3v) is 2.19. The van der Waals surface area contributed by atoms with Gasteiger partial charge in [-0.05, 0) is 17.7 Å². The molecule has 0 radical (unpaired) electrons. The molecular weight excluding hydrogens is 214 g/mol. The maximum absolute atomic E-state index is 10.7. The predicted molar refractivity (Wildman–Crippen MR) is 55.1 cm³/mol. The molecule has 0 fully saturated rings. The van der Waals surface area contributed by atoms with Crippen LogP contribution < -0.4 is 5.73 Å². The average Bonchev–Trinajstić information content (AvgIpc) is 2.24. The summed E-state index contributed by atoms with van der Waals surface area (Å²) in [6, 6.07) is 2.65. The number of hydrogen-bond donors (Lipinski definition) is 4. The van der Waals surface area contributed by atoms with Crippen molar-refractivity contribution in [2.75, 3.05) is 7.11 Å². The van der Waals surface area contributed by atoms with Gasteiger partial charge in [0.15, 0.2) is 11.5 Å². The summed E-state index contributed by atoms with van der Waals surface area (Å²) in [6.07, 6.45) is -0.885. The first-order valence-corrected chi connectivity index (χ1v) is 4.50. The van der Waals surface area contributed by atoms with Crippen molar-refractivity contribution in [3.05, 3.63) is 23.8 Å².